The summed E-state index contributed by atoms with van der Waals surface area (Å²) in [5.41, 5.74) is 5.03. The zero-order valence-electron chi connectivity index (χ0n) is 7.19. The van der Waals surface area contributed by atoms with E-state index in [1.807, 2.05) is 0 Å². The van der Waals surface area contributed by atoms with Gasteiger partial charge in [-0.2, -0.15) is 5.10 Å². The molecule has 1 amide bonds. The molecule has 68 valence electrons. The van der Waals surface area contributed by atoms with E-state index in [1.165, 1.54) is 6.08 Å². The third-order valence-electron chi connectivity index (χ3n) is 1.20. The number of nitrogens with zero attached hydrogens (tertiary/aromatic N) is 2. The summed E-state index contributed by atoms with van der Waals surface area (Å²) in [6.07, 6.45) is 4.61. The number of aromatic nitrogens is 2. The summed E-state index contributed by atoms with van der Waals surface area (Å²) in [7, 11) is 0. The van der Waals surface area contributed by atoms with Crippen molar-refractivity contribution >= 4 is 11.7 Å². The number of hydrogen-bond acceptors (Lipinski definition) is 4. The Bertz CT molecular complexity index is 296. The molecule has 0 unspecified atom stereocenters. The van der Waals surface area contributed by atoms with Crippen LogP contribution in [0.25, 0.3) is 0 Å². The summed E-state index contributed by atoms with van der Waals surface area (Å²) in [6.45, 7) is 1.77. The van der Waals surface area contributed by atoms with Gasteiger partial charge in [-0.15, -0.1) is 5.10 Å². The second-order valence-electron chi connectivity index (χ2n) is 2.22. The molecule has 1 aromatic rings. The van der Waals surface area contributed by atoms with Crippen LogP contribution in [0, 0.1) is 0 Å². The van der Waals surface area contributed by atoms with Gasteiger partial charge in [0.1, 0.15) is 0 Å². The largest absolute Gasteiger partial charge is 0.280 e. The highest BCUT2D eigenvalue weighted by Crippen LogP contribution is 1.94. The lowest BCUT2D eigenvalue weighted by Crippen LogP contribution is -2.28. The van der Waals surface area contributed by atoms with E-state index in [2.05, 4.69) is 21.0 Å². The van der Waals surface area contributed by atoms with Gasteiger partial charge in [0.15, 0.2) is 5.82 Å². The monoisotopic (exact) mass is 178 g/mol. The van der Waals surface area contributed by atoms with E-state index in [9.17, 15) is 4.79 Å². The lowest BCUT2D eigenvalue weighted by Gasteiger charge is -2.02. The predicted molar refractivity (Wildman–Crippen MR) is 48.6 cm³/mol. The van der Waals surface area contributed by atoms with Gasteiger partial charge in [0.2, 0.25) is 0 Å². The van der Waals surface area contributed by atoms with E-state index in [0.717, 1.165) is 0 Å². The molecule has 0 aliphatic rings. The lowest BCUT2D eigenvalue weighted by atomic mass is 10.5. The van der Waals surface area contributed by atoms with Crippen LogP contribution in [0.3, 0.4) is 0 Å². The first-order valence-electron chi connectivity index (χ1n) is 3.79. The Kier molecular flexibility index (Phi) is 3.44. The van der Waals surface area contributed by atoms with Crippen LogP contribution in [-0.2, 0) is 4.79 Å². The maximum absolute atomic E-state index is 10.9. The number of carbonyl (C=O) groups is 1. The van der Waals surface area contributed by atoms with E-state index in [0.29, 0.717) is 5.82 Å². The number of hydrogen-bond donors (Lipinski definition) is 2. The Morgan fingerprint density at radius 1 is 1.62 bits per heavy atom. The van der Waals surface area contributed by atoms with Gasteiger partial charge in [0.05, 0.1) is 0 Å². The molecule has 2 N–H and O–H groups in total. The molecule has 5 heteroatoms. The van der Waals surface area contributed by atoms with Crippen molar-refractivity contribution < 1.29 is 4.79 Å². The molecule has 0 saturated heterocycles. The van der Waals surface area contributed by atoms with E-state index >= 15 is 0 Å². The van der Waals surface area contributed by atoms with Crippen LogP contribution >= 0.6 is 0 Å². The summed E-state index contributed by atoms with van der Waals surface area (Å²) < 4.78 is 0. The van der Waals surface area contributed by atoms with Crippen LogP contribution in [0.2, 0.25) is 0 Å². The summed E-state index contributed by atoms with van der Waals surface area (Å²) >= 11 is 0. The molecule has 0 fully saturated rings. The highest BCUT2D eigenvalue weighted by molar-refractivity contribution is 5.88. The second kappa shape index (κ2) is 4.87. The molecule has 1 heterocycles. The highest BCUT2D eigenvalue weighted by atomic mass is 16.2. The van der Waals surface area contributed by atoms with Gasteiger partial charge in [0, 0.05) is 12.3 Å². The molecule has 1 aromatic heterocycles. The summed E-state index contributed by atoms with van der Waals surface area (Å²) in [4.78, 5) is 10.9. The normalized spacial score (nSPS) is 9.92. The van der Waals surface area contributed by atoms with E-state index in [-0.39, 0.29) is 5.91 Å². The average molecular weight is 178 g/mol. The van der Waals surface area contributed by atoms with Gasteiger partial charge in [-0.05, 0) is 19.1 Å². The van der Waals surface area contributed by atoms with Crippen molar-refractivity contribution in [3.8, 4) is 0 Å². The number of amides is 1. The molecule has 0 bridgehead atoms. The van der Waals surface area contributed by atoms with Crippen LogP contribution in [0.15, 0.2) is 30.5 Å². The zero-order valence-corrected chi connectivity index (χ0v) is 7.19. The van der Waals surface area contributed by atoms with E-state index in [1.54, 1.807) is 31.3 Å². The molecular formula is C8H10N4O. The number of hydrazine groups is 1. The third-order valence-corrected chi connectivity index (χ3v) is 1.20. The SMILES string of the molecule is C/C=C/C(=O)NNc1cccnn1. The standard InChI is InChI=1S/C8H10N4O/c1-2-4-8(13)12-11-7-5-3-6-9-10-7/h2-6H,1H3,(H,10,11)(H,12,13)/b4-2+. The molecule has 13 heavy (non-hydrogen) atoms. The molecule has 0 atom stereocenters. The fourth-order valence-corrected chi connectivity index (χ4v) is 0.687. The van der Waals surface area contributed by atoms with Crippen LogP contribution in [0.5, 0.6) is 0 Å². The van der Waals surface area contributed by atoms with Crippen LogP contribution in [0.4, 0.5) is 5.82 Å². The molecule has 0 radical (unpaired) electrons. The molecule has 0 aliphatic heterocycles. The zero-order chi connectivity index (χ0) is 9.52. The van der Waals surface area contributed by atoms with Crippen molar-refractivity contribution in [1.29, 1.82) is 0 Å². The molecule has 5 nitrogen and oxygen atoms in total. The first kappa shape index (κ1) is 9.18. The minimum atomic E-state index is -0.229. The fourth-order valence-electron chi connectivity index (χ4n) is 0.687. The van der Waals surface area contributed by atoms with Crippen molar-refractivity contribution in [2.45, 2.75) is 6.92 Å². The Morgan fingerprint density at radius 2 is 2.46 bits per heavy atom. The van der Waals surface area contributed by atoms with Gasteiger partial charge in [-0.25, -0.2) is 0 Å². The number of rotatable bonds is 3. The third kappa shape index (κ3) is 3.33. The molecule has 0 saturated carbocycles. The minimum absolute atomic E-state index is 0.229. The Hall–Kier alpha value is -1.91. The van der Waals surface area contributed by atoms with Gasteiger partial charge < -0.3 is 0 Å². The van der Waals surface area contributed by atoms with E-state index in [4.69, 9.17) is 0 Å². The number of anilines is 1. The van der Waals surface area contributed by atoms with Crippen LogP contribution in [0.1, 0.15) is 6.92 Å². The van der Waals surface area contributed by atoms with E-state index < -0.39 is 0 Å². The van der Waals surface area contributed by atoms with Gasteiger partial charge >= 0.3 is 0 Å². The maximum atomic E-state index is 10.9. The van der Waals surface area contributed by atoms with Crippen LogP contribution in [-0.4, -0.2) is 16.1 Å². The Labute approximate surface area is 75.8 Å². The summed E-state index contributed by atoms with van der Waals surface area (Å²) in [5, 5.41) is 7.34. The van der Waals surface area contributed by atoms with Crippen molar-refractivity contribution in [3.05, 3.63) is 30.5 Å². The van der Waals surface area contributed by atoms with Crippen molar-refractivity contribution in [2.24, 2.45) is 0 Å². The average Bonchev–Trinajstić information content (AvgIpc) is 2.17. The minimum Gasteiger partial charge on any atom is -0.280 e. The topological polar surface area (TPSA) is 66.9 Å². The smallest absolute Gasteiger partial charge is 0.262 e. The Morgan fingerprint density at radius 3 is 3.08 bits per heavy atom. The van der Waals surface area contributed by atoms with Crippen molar-refractivity contribution in [1.82, 2.24) is 15.6 Å². The fraction of sp³-hybridized carbons (Fsp3) is 0.125. The predicted octanol–water partition coefficient (Wildman–Crippen LogP) is 0.496. The van der Waals surface area contributed by atoms with Crippen molar-refractivity contribution in [2.75, 3.05) is 5.43 Å². The molecular weight excluding hydrogens is 168 g/mol. The quantitative estimate of drug-likeness (QED) is 0.522. The molecule has 1 rings (SSSR count). The van der Waals surface area contributed by atoms with Gasteiger partial charge in [-0.1, -0.05) is 6.08 Å². The first-order valence-corrected chi connectivity index (χ1v) is 3.79. The van der Waals surface area contributed by atoms with Crippen LogP contribution < -0.4 is 10.9 Å². The van der Waals surface area contributed by atoms with Gasteiger partial charge in [0.25, 0.3) is 5.91 Å². The number of nitrogens with one attached hydrogen (secondary N) is 2. The van der Waals surface area contributed by atoms with Crippen molar-refractivity contribution in [3.63, 3.8) is 0 Å². The molecule has 0 aliphatic carbocycles. The summed E-state index contributed by atoms with van der Waals surface area (Å²) in [5.74, 6) is 0.272. The number of carbonyl (C=O) groups excluding carboxylic acids is 1. The summed E-state index contributed by atoms with van der Waals surface area (Å²) in [6, 6.07) is 3.42. The maximum Gasteiger partial charge on any atom is 0.262 e. The van der Waals surface area contributed by atoms with Gasteiger partial charge in [-0.3, -0.25) is 15.6 Å². The first-order chi connectivity index (χ1) is 6.33. The lowest BCUT2D eigenvalue weighted by molar-refractivity contribution is -0.116. The molecule has 0 spiro atoms. The highest BCUT2D eigenvalue weighted by Gasteiger charge is 1.93. The molecule has 0 aromatic carbocycles. The number of allylic oxidation sites excluding steroid dienone is 1. The Balaban J connectivity index is 2.40. The second-order valence-corrected chi connectivity index (χ2v) is 2.22.